The molecule has 0 bridgehead atoms. The molecule has 6 heteroatoms. The van der Waals surface area contributed by atoms with Gasteiger partial charge in [0.05, 0.1) is 11.7 Å². The van der Waals surface area contributed by atoms with E-state index in [1.165, 1.54) is 6.07 Å². The van der Waals surface area contributed by atoms with Crippen LogP contribution in [-0.2, 0) is 11.3 Å². The van der Waals surface area contributed by atoms with E-state index in [1.807, 2.05) is 36.1 Å². The maximum absolute atomic E-state index is 14.0. The van der Waals surface area contributed by atoms with E-state index in [4.69, 9.17) is 4.74 Å². The van der Waals surface area contributed by atoms with Crippen molar-refractivity contribution in [2.45, 2.75) is 45.3 Å². The Labute approximate surface area is 184 Å². The number of rotatable bonds is 7. The summed E-state index contributed by atoms with van der Waals surface area (Å²) in [7, 11) is 0. The van der Waals surface area contributed by atoms with E-state index in [9.17, 15) is 9.18 Å². The fourth-order valence-corrected chi connectivity index (χ4v) is 4.56. The molecule has 0 spiro atoms. The normalized spacial score (nSPS) is 20.1. The average molecular weight is 426 g/mol. The van der Waals surface area contributed by atoms with Crippen LogP contribution in [0, 0.1) is 18.7 Å². The van der Waals surface area contributed by atoms with Gasteiger partial charge in [0.2, 0.25) is 0 Å². The van der Waals surface area contributed by atoms with Crippen LogP contribution >= 0.6 is 0 Å². The number of benzene rings is 1. The van der Waals surface area contributed by atoms with Crippen molar-refractivity contribution in [2.75, 3.05) is 32.8 Å². The third kappa shape index (κ3) is 5.89. The van der Waals surface area contributed by atoms with Gasteiger partial charge in [-0.15, -0.1) is 0 Å². The number of amides is 1. The molecule has 0 N–H and O–H groups in total. The van der Waals surface area contributed by atoms with E-state index < -0.39 is 0 Å². The zero-order chi connectivity index (χ0) is 21.6. The van der Waals surface area contributed by atoms with Crippen molar-refractivity contribution in [1.82, 2.24) is 14.8 Å². The molecule has 2 aromatic rings. The Kier molecular flexibility index (Phi) is 7.30. The minimum atomic E-state index is -0.135. The van der Waals surface area contributed by atoms with E-state index in [2.05, 4.69) is 9.88 Å². The van der Waals surface area contributed by atoms with Gasteiger partial charge in [-0.1, -0.05) is 18.2 Å². The summed E-state index contributed by atoms with van der Waals surface area (Å²) in [5, 5.41) is 0. The number of halogens is 1. The predicted molar refractivity (Wildman–Crippen MR) is 118 cm³/mol. The molecule has 2 fully saturated rings. The van der Waals surface area contributed by atoms with Crippen LogP contribution in [0.2, 0.25) is 0 Å². The lowest BCUT2D eigenvalue weighted by Gasteiger charge is -2.35. The first-order chi connectivity index (χ1) is 15.1. The zero-order valence-corrected chi connectivity index (χ0v) is 18.3. The van der Waals surface area contributed by atoms with E-state index in [0.717, 1.165) is 63.2 Å². The highest BCUT2D eigenvalue weighted by molar-refractivity contribution is 5.94. The Morgan fingerprint density at radius 3 is 2.65 bits per heavy atom. The molecule has 1 atom stereocenters. The highest BCUT2D eigenvalue weighted by atomic mass is 19.1. The van der Waals surface area contributed by atoms with Gasteiger partial charge in [0.15, 0.2) is 0 Å². The second-order valence-corrected chi connectivity index (χ2v) is 8.84. The van der Waals surface area contributed by atoms with Crippen molar-refractivity contribution < 1.29 is 13.9 Å². The number of piperidine rings is 1. The Morgan fingerprint density at radius 2 is 1.97 bits per heavy atom. The standard InChI is InChI=1S/C25H32FN3O2/c1-19-8-9-21(15-27-19)25(30)29(18-23-6-4-14-31-23)16-20-10-12-28(13-11-20)17-22-5-2-3-7-24(22)26/h2-3,5,7-9,15,20,23H,4,6,10-14,16-18H2,1H3/t23-/m0/s1. The van der Waals surface area contributed by atoms with E-state index in [0.29, 0.717) is 24.6 Å². The van der Waals surface area contributed by atoms with E-state index >= 15 is 0 Å². The molecule has 0 radical (unpaired) electrons. The molecule has 3 heterocycles. The highest BCUT2D eigenvalue weighted by Crippen LogP contribution is 2.23. The molecule has 1 amide bonds. The van der Waals surface area contributed by atoms with Crippen LogP contribution in [0.3, 0.4) is 0 Å². The largest absolute Gasteiger partial charge is 0.376 e. The summed E-state index contributed by atoms with van der Waals surface area (Å²) in [6.45, 7) is 6.58. The molecular weight excluding hydrogens is 393 g/mol. The smallest absolute Gasteiger partial charge is 0.255 e. The SMILES string of the molecule is Cc1ccc(C(=O)N(CC2CCN(Cc3ccccc3F)CC2)C[C@@H]2CCCO2)cn1. The van der Waals surface area contributed by atoms with Crippen molar-refractivity contribution in [2.24, 2.45) is 5.92 Å². The minimum absolute atomic E-state index is 0.0387. The van der Waals surface area contributed by atoms with Gasteiger partial charge in [-0.3, -0.25) is 14.7 Å². The van der Waals surface area contributed by atoms with Gasteiger partial charge in [-0.05, 0) is 69.8 Å². The Balaban J connectivity index is 1.36. The van der Waals surface area contributed by atoms with Gasteiger partial charge in [-0.2, -0.15) is 0 Å². The topological polar surface area (TPSA) is 45.7 Å². The monoisotopic (exact) mass is 425 g/mol. The number of aryl methyl sites for hydroxylation is 1. The summed E-state index contributed by atoms with van der Waals surface area (Å²) in [4.78, 5) is 21.8. The van der Waals surface area contributed by atoms with E-state index in [1.54, 1.807) is 12.3 Å². The fraction of sp³-hybridized carbons (Fsp3) is 0.520. The first-order valence-corrected chi connectivity index (χ1v) is 11.4. The maximum Gasteiger partial charge on any atom is 0.255 e. The summed E-state index contributed by atoms with van der Waals surface area (Å²) < 4.78 is 19.8. The average Bonchev–Trinajstić information content (AvgIpc) is 3.29. The summed E-state index contributed by atoms with van der Waals surface area (Å²) in [5.41, 5.74) is 2.30. The summed E-state index contributed by atoms with van der Waals surface area (Å²) in [6, 6.07) is 10.8. The molecule has 166 valence electrons. The molecule has 0 saturated carbocycles. The fourth-order valence-electron chi connectivity index (χ4n) is 4.56. The Hall–Kier alpha value is -2.31. The zero-order valence-electron chi connectivity index (χ0n) is 18.3. The van der Waals surface area contributed by atoms with Crippen LogP contribution < -0.4 is 0 Å². The third-order valence-corrected chi connectivity index (χ3v) is 6.43. The molecule has 2 saturated heterocycles. The second kappa shape index (κ2) is 10.3. The predicted octanol–water partition coefficient (Wildman–Crippen LogP) is 4.06. The minimum Gasteiger partial charge on any atom is -0.376 e. The van der Waals surface area contributed by atoms with Crippen molar-refractivity contribution in [3.63, 3.8) is 0 Å². The van der Waals surface area contributed by atoms with Gasteiger partial charge in [0, 0.05) is 43.7 Å². The van der Waals surface area contributed by atoms with Crippen LogP contribution in [0.25, 0.3) is 0 Å². The number of ether oxygens (including phenoxy) is 1. The maximum atomic E-state index is 14.0. The van der Waals surface area contributed by atoms with Crippen molar-refractivity contribution in [1.29, 1.82) is 0 Å². The number of nitrogens with zero attached hydrogens (tertiary/aromatic N) is 3. The second-order valence-electron chi connectivity index (χ2n) is 8.84. The molecular formula is C25H32FN3O2. The number of aromatic nitrogens is 1. The number of hydrogen-bond acceptors (Lipinski definition) is 4. The van der Waals surface area contributed by atoms with Crippen LogP contribution in [-0.4, -0.2) is 59.6 Å². The number of likely N-dealkylation sites (tertiary alicyclic amines) is 1. The Bertz CT molecular complexity index is 859. The number of carbonyl (C=O) groups is 1. The summed E-state index contributed by atoms with van der Waals surface area (Å²) in [6.07, 6.45) is 5.90. The number of carbonyl (C=O) groups excluding carboxylic acids is 1. The van der Waals surface area contributed by atoms with Gasteiger partial charge in [0.25, 0.3) is 5.91 Å². The quantitative estimate of drug-likeness (QED) is 0.671. The summed E-state index contributed by atoms with van der Waals surface area (Å²) >= 11 is 0. The molecule has 2 aliphatic rings. The molecule has 31 heavy (non-hydrogen) atoms. The van der Waals surface area contributed by atoms with Crippen molar-refractivity contribution >= 4 is 5.91 Å². The number of hydrogen-bond donors (Lipinski definition) is 0. The molecule has 0 unspecified atom stereocenters. The lowest BCUT2D eigenvalue weighted by molar-refractivity contribution is 0.0444. The van der Waals surface area contributed by atoms with Crippen molar-refractivity contribution in [3.8, 4) is 0 Å². The molecule has 1 aromatic carbocycles. The van der Waals surface area contributed by atoms with Gasteiger partial charge < -0.3 is 9.64 Å². The van der Waals surface area contributed by atoms with Crippen LogP contribution in [0.4, 0.5) is 4.39 Å². The van der Waals surface area contributed by atoms with Gasteiger partial charge in [-0.25, -0.2) is 4.39 Å². The molecule has 2 aliphatic heterocycles. The third-order valence-electron chi connectivity index (χ3n) is 6.43. The van der Waals surface area contributed by atoms with Gasteiger partial charge >= 0.3 is 0 Å². The van der Waals surface area contributed by atoms with E-state index in [-0.39, 0.29) is 17.8 Å². The molecule has 0 aliphatic carbocycles. The lowest BCUT2D eigenvalue weighted by Crippen LogP contribution is -2.43. The first kappa shape index (κ1) is 21.9. The number of pyridine rings is 1. The van der Waals surface area contributed by atoms with Crippen LogP contribution in [0.5, 0.6) is 0 Å². The molecule has 5 nitrogen and oxygen atoms in total. The van der Waals surface area contributed by atoms with Crippen LogP contribution in [0.1, 0.15) is 47.3 Å². The lowest BCUT2D eigenvalue weighted by atomic mass is 9.95. The Morgan fingerprint density at radius 1 is 1.16 bits per heavy atom. The van der Waals surface area contributed by atoms with Gasteiger partial charge in [0.1, 0.15) is 5.82 Å². The van der Waals surface area contributed by atoms with Crippen molar-refractivity contribution in [3.05, 3.63) is 65.2 Å². The summed E-state index contributed by atoms with van der Waals surface area (Å²) in [5.74, 6) is 0.349. The molecule has 4 rings (SSSR count). The first-order valence-electron chi connectivity index (χ1n) is 11.4. The molecule has 1 aromatic heterocycles. The highest BCUT2D eigenvalue weighted by Gasteiger charge is 2.28. The van der Waals surface area contributed by atoms with Crippen LogP contribution in [0.15, 0.2) is 42.6 Å².